The number of hydrogen-bond acceptors (Lipinski definition) is 5. The molecule has 26 heavy (non-hydrogen) atoms. The van der Waals surface area contributed by atoms with Crippen LogP contribution in [0.1, 0.15) is 11.1 Å². The van der Waals surface area contributed by atoms with Gasteiger partial charge in [0.1, 0.15) is 12.4 Å². The van der Waals surface area contributed by atoms with Crippen LogP contribution in [-0.2, 0) is 22.6 Å². The summed E-state index contributed by atoms with van der Waals surface area (Å²) >= 11 is 0. The third-order valence-corrected chi connectivity index (χ3v) is 5.10. The van der Waals surface area contributed by atoms with Crippen molar-refractivity contribution < 1.29 is 14.3 Å². The first-order chi connectivity index (χ1) is 12.7. The summed E-state index contributed by atoms with van der Waals surface area (Å²) in [7, 11) is 1.65. The number of ether oxygens (including phenoxy) is 2. The van der Waals surface area contributed by atoms with Crippen LogP contribution in [0.4, 0.5) is 0 Å². The third-order valence-electron chi connectivity index (χ3n) is 5.10. The van der Waals surface area contributed by atoms with E-state index in [-0.39, 0.29) is 24.7 Å². The quantitative estimate of drug-likeness (QED) is 0.819. The summed E-state index contributed by atoms with van der Waals surface area (Å²) in [6, 6.07) is 12.0. The zero-order valence-corrected chi connectivity index (χ0v) is 14.9. The Kier molecular flexibility index (Phi) is 4.86. The molecule has 136 valence electrons. The summed E-state index contributed by atoms with van der Waals surface area (Å²) in [4.78, 5) is 21.0. The van der Waals surface area contributed by atoms with Crippen LogP contribution in [0.15, 0.2) is 48.8 Å². The second-order valence-electron chi connectivity index (χ2n) is 6.84. The van der Waals surface area contributed by atoms with Gasteiger partial charge in [-0.15, -0.1) is 0 Å². The van der Waals surface area contributed by atoms with Gasteiger partial charge in [0.2, 0.25) is 5.91 Å². The van der Waals surface area contributed by atoms with Crippen molar-refractivity contribution in [3.05, 3.63) is 59.9 Å². The van der Waals surface area contributed by atoms with E-state index in [9.17, 15) is 4.79 Å². The van der Waals surface area contributed by atoms with Gasteiger partial charge in [-0.05, 0) is 29.3 Å². The summed E-state index contributed by atoms with van der Waals surface area (Å²) < 4.78 is 11.0. The van der Waals surface area contributed by atoms with E-state index >= 15 is 0 Å². The number of nitrogens with zero attached hydrogens (tertiary/aromatic N) is 3. The molecule has 0 bridgehead atoms. The number of pyridine rings is 1. The van der Waals surface area contributed by atoms with E-state index in [0.717, 1.165) is 30.9 Å². The topological polar surface area (TPSA) is 54.9 Å². The molecule has 1 aromatic carbocycles. The Morgan fingerprint density at radius 1 is 1.15 bits per heavy atom. The Morgan fingerprint density at radius 2 is 2.00 bits per heavy atom. The van der Waals surface area contributed by atoms with Crippen LogP contribution in [0.3, 0.4) is 0 Å². The molecule has 2 unspecified atom stereocenters. The number of aromatic nitrogens is 1. The minimum absolute atomic E-state index is 0.0605. The van der Waals surface area contributed by atoms with E-state index < -0.39 is 0 Å². The van der Waals surface area contributed by atoms with Crippen LogP contribution >= 0.6 is 0 Å². The highest BCUT2D eigenvalue weighted by atomic mass is 16.5. The van der Waals surface area contributed by atoms with Crippen molar-refractivity contribution in [1.29, 1.82) is 0 Å². The van der Waals surface area contributed by atoms with Gasteiger partial charge in [-0.25, -0.2) is 0 Å². The Morgan fingerprint density at radius 3 is 2.73 bits per heavy atom. The number of morpholine rings is 1. The predicted molar refractivity (Wildman–Crippen MR) is 96.6 cm³/mol. The second kappa shape index (κ2) is 7.43. The predicted octanol–water partition coefficient (Wildman–Crippen LogP) is 1.70. The van der Waals surface area contributed by atoms with Crippen molar-refractivity contribution in [2.45, 2.75) is 25.2 Å². The summed E-state index contributed by atoms with van der Waals surface area (Å²) in [6.45, 7) is 3.26. The maximum Gasteiger partial charge on any atom is 0.249 e. The van der Waals surface area contributed by atoms with Crippen LogP contribution in [0, 0.1) is 0 Å². The number of benzene rings is 1. The van der Waals surface area contributed by atoms with Crippen molar-refractivity contribution >= 4 is 5.91 Å². The van der Waals surface area contributed by atoms with Gasteiger partial charge in [0.05, 0.1) is 19.3 Å². The number of methoxy groups -OCH3 is 1. The molecule has 1 aromatic heterocycles. The fraction of sp³-hybridized carbons (Fsp3) is 0.400. The van der Waals surface area contributed by atoms with Crippen molar-refractivity contribution in [2.24, 2.45) is 0 Å². The Balaban J connectivity index is 1.45. The van der Waals surface area contributed by atoms with Crippen LogP contribution < -0.4 is 4.74 Å². The molecule has 2 aliphatic heterocycles. The lowest BCUT2D eigenvalue weighted by molar-refractivity contribution is -0.153. The minimum atomic E-state index is 0.0605. The average molecular weight is 353 g/mol. The van der Waals surface area contributed by atoms with Gasteiger partial charge in [0.25, 0.3) is 0 Å². The fourth-order valence-electron chi connectivity index (χ4n) is 3.75. The zero-order chi connectivity index (χ0) is 17.9. The summed E-state index contributed by atoms with van der Waals surface area (Å²) in [6.07, 6.45) is 3.75. The van der Waals surface area contributed by atoms with Crippen LogP contribution in [-0.4, -0.2) is 59.6 Å². The Hall–Kier alpha value is -2.44. The largest absolute Gasteiger partial charge is 0.497 e. The zero-order valence-electron chi connectivity index (χ0n) is 14.9. The lowest BCUT2D eigenvalue weighted by atomic mass is 10.1. The highest BCUT2D eigenvalue weighted by Crippen LogP contribution is 2.26. The molecule has 0 saturated carbocycles. The highest BCUT2D eigenvalue weighted by Gasteiger charge is 2.42. The van der Waals surface area contributed by atoms with Gasteiger partial charge in [-0.2, -0.15) is 0 Å². The molecule has 0 spiro atoms. The van der Waals surface area contributed by atoms with Gasteiger partial charge in [0.15, 0.2) is 0 Å². The first-order valence-corrected chi connectivity index (χ1v) is 8.88. The van der Waals surface area contributed by atoms with Crippen molar-refractivity contribution in [3.63, 3.8) is 0 Å². The summed E-state index contributed by atoms with van der Waals surface area (Å²) in [5.41, 5.74) is 2.28. The van der Waals surface area contributed by atoms with E-state index in [0.29, 0.717) is 6.54 Å². The van der Waals surface area contributed by atoms with E-state index in [1.54, 1.807) is 13.3 Å². The normalized spacial score (nSPS) is 23.1. The lowest BCUT2D eigenvalue weighted by Gasteiger charge is -2.36. The molecule has 0 aliphatic carbocycles. The average Bonchev–Trinajstić information content (AvgIpc) is 3.08. The highest BCUT2D eigenvalue weighted by molar-refractivity contribution is 5.78. The monoisotopic (exact) mass is 353 g/mol. The molecule has 6 heteroatoms. The maximum absolute atomic E-state index is 12.5. The van der Waals surface area contributed by atoms with Gasteiger partial charge in [-0.1, -0.05) is 18.2 Å². The molecule has 1 amide bonds. The molecule has 0 radical (unpaired) electrons. The smallest absolute Gasteiger partial charge is 0.249 e. The minimum Gasteiger partial charge on any atom is -0.497 e. The van der Waals surface area contributed by atoms with Gasteiger partial charge >= 0.3 is 0 Å². The molecule has 2 saturated heterocycles. The van der Waals surface area contributed by atoms with Crippen molar-refractivity contribution in [1.82, 2.24) is 14.8 Å². The van der Waals surface area contributed by atoms with Crippen molar-refractivity contribution in [3.8, 4) is 5.75 Å². The molecular weight excluding hydrogens is 330 g/mol. The second-order valence-corrected chi connectivity index (χ2v) is 6.84. The molecule has 2 aliphatic rings. The number of likely N-dealkylation sites (tertiary alicyclic amines) is 1. The molecule has 0 N–H and O–H groups in total. The third kappa shape index (κ3) is 3.57. The van der Waals surface area contributed by atoms with E-state index in [1.807, 2.05) is 41.4 Å². The number of carbonyl (C=O) groups is 1. The van der Waals surface area contributed by atoms with Crippen molar-refractivity contribution in [2.75, 3.05) is 26.8 Å². The molecule has 2 aromatic rings. The number of rotatable bonds is 5. The molecular formula is C20H23N3O3. The SMILES string of the molecule is COc1ccc(CN2C(=O)COC3CN(Cc4cccnc4)CC32)cc1. The number of carbonyl (C=O) groups excluding carboxylic acids is 1. The molecule has 2 atom stereocenters. The van der Waals surface area contributed by atoms with E-state index in [2.05, 4.69) is 16.0 Å². The number of hydrogen-bond donors (Lipinski definition) is 0. The van der Waals surface area contributed by atoms with Crippen LogP contribution in [0.25, 0.3) is 0 Å². The van der Waals surface area contributed by atoms with Crippen LogP contribution in [0.5, 0.6) is 5.75 Å². The number of amides is 1. The summed E-state index contributed by atoms with van der Waals surface area (Å²) in [5, 5.41) is 0. The van der Waals surface area contributed by atoms with Gasteiger partial charge in [-0.3, -0.25) is 14.7 Å². The van der Waals surface area contributed by atoms with E-state index in [4.69, 9.17) is 9.47 Å². The van der Waals surface area contributed by atoms with Gasteiger partial charge < -0.3 is 14.4 Å². The number of fused-ring (bicyclic) bond motifs is 1. The first-order valence-electron chi connectivity index (χ1n) is 8.88. The van der Waals surface area contributed by atoms with Gasteiger partial charge in [0, 0.05) is 38.6 Å². The molecule has 6 nitrogen and oxygen atoms in total. The Bertz CT molecular complexity index is 751. The lowest BCUT2D eigenvalue weighted by Crippen LogP contribution is -2.53. The first kappa shape index (κ1) is 17.0. The standard InChI is InChI=1S/C20H23N3O3/c1-25-17-6-4-15(5-7-17)11-23-18-12-22(10-16-3-2-8-21-9-16)13-19(18)26-14-20(23)24/h2-9,18-19H,10-14H2,1H3. The molecule has 2 fully saturated rings. The maximum atomic E-state index is 12.5. The molecule has 4 rings (SSSR count). The van der Waals surface area contributed by atoms with Crippen LogP contribution in [0.2, 0.25) is 0 Å². The summed E-state index contributed by atoms with van der Waals surface area (Å²) in [5.74, 6) is 0.883. The fourth-order valence-corrected chi connectivity index (χ4v) is 3.75. The van der Waals surface area contributed by atoms with E-state index in [1.165, 1.54) is 5.56 Å². The molecule has 3 heterocycles. The Labute approximate surface area is 153 Å².